The standard InChI is InChI=1S/C20H15ClIN3O6/c1-30-16-9-11(6-7-15-17(25(28)29)19(26)24-20(27)23-15)8-14(22)18(16)31-10-12-4-2-3-5-13(12)21/h2-9H,10H2,1H3,(H2,23,24,26,27)/b7-6-. The fourth-order valence-electron chi connectivity index (χ4n) is 2.72. The van der Waals surface area contributed by atoms with Gasteiger partial charge in [-0.3, -0.25) is 19.9 Å². The lowest BCUT2D eigenvalue weighted by molar-refractivity contribution is -0.386. The van der Waals surface area contributed by atoms with Crippen LogP contribution in [0.15, 0.2) is 46.0 Å². The van der Waals surface area contributed by atoms with E-state index in [0.29, 0.717) is 22.1 Å². The molecule has 0 unspecified atom stereocenters. The molecule has 0 fully saturated rings. The summed E-state index contributed by atoms with van der Waals surface area (Å²) in [6, 6.07) is 10.7. The van der Waals surface area contributed by atoms with Gasteiger partial charge in [-0.25, -0.2) is 4.79 Å². The molecular formula is C20H15ClIN3O6. The fourth-order valence-corrected chi connectivity index (χ4v) is 3.69. The van der Waals surface area contributed by atoms with Gasteiger partial charge in [-0.05, 0) is 52.4 Å². The van der Waals surface area contributed by atoms with E-state index in [1.165, 1.54) is 19.3 Å². The maximum atomic E-state index is 11.7. The van der Waals surface area contributed by atoms with Crippen molar-refractivity contribution >= 4 is 52.0 Å². The van der Waals surface area contributed by atoms with Crippen LogP contribution in [0.25, 0.3) is 12.2 Å². The highest BCUT2D eigenvalue weighted by Crippen LogP contribution is 2.35. The maximum absolute atomic E-state index is 11.7. The van der Waals surface area contributed by atoms with Crippen molar-refractivity contribution in [2.45, 2.75) is 6.61 Å². The Labute approximate surface area is 194 Å². The Morgan fingerprint density at radius 2 is 1.94 bits per heavy atom. The zero-order valence-corrected chi connectivity index (χ0v) is 18.9. The van der Waals surface area contributed by atoms with Gasteiger partial charge in [0.1, 0.15) is 12.3 Å². The third kappa shape index (κ3) is 5.33. The molecule has 0 bridgehead atoms. The van der Waals surface area contributed by atoms with Crippen LogP contribution in [-0.4, -0.2) is 22.0 Å². The van der Waals surface area contributed by atoms with E-state index < -0.39 is 21.9 Å². The lowest BCUT2D eigenvalue weighted by Gasteiger charge is -2.14. The number of hydrogen-bond acceptors (Lipinski definition) is 6. The van der Waals surface area contributed by atoms with Gasteiger partial charge in [-0.2, -0.15) is 0 Å². The van der Waals surface area contributed by atoms with E-state index in [1.807, 2.05) is 23.2 Å². The summed E-state index contributed by atoms with van der Waals surface area (Å²) in [6.07, 6.45) is 2.80. The van der Waals surface area contributed by atoms with Crippen LogP contribution >= 0.6 is 34.2 Å². The number of rotatable bonds is 7. The minimum Gasteiger partial charge on any atom is -0.493 e. The molecule has 0 saturated heterocycles. The highest BCUT2D eigenvalue weighted by molar-refractivity contribution is 14.1. The van der Waals surface area contributed by atoms with Gasteiger partial charge >= 0.3 is 16.9 Å². The monoisotopic (exact) mass is 555 g/mol. The molecule has 0 atom stereocenters. The second kappa shape index (κ2) is 9.79. The van der Waals surface area contributed by atoms with E-state index in [4.69, 9.17) is 21.1 Å². The molecule has 1 aromatic heterocycles. The van der Waals surface area contributed by atoms with Crippen LogP contribution < -0.4 is 20.7 Å². The van der Waals surface area contributed by atoms with E-state index in [-0.39, 0.29) is 12.3 Å². The first kappa shape index (κ1) is 22.6. The van der Waals surface area contributed by atoms with Crippen LogP contribution in [0.4, 0.5) is 5.69 Å². The van der Waals surface area contributed by atoms with Crippen molar-refractivity contribution in [3.63, 3.8) is 0 Å². The van der Waals surface area contributed by atoms with Gasteiger partial charge < -0.3 is 14.5 Å². The summed E-state index contributed by atoms with van der Waals surface area (Å²) < 4.78 is 12.0. The summed E-state index contributed by atoms with van der Waals surface area (Å²) in [7, 11) is 1.49. The Balaban J connectivity index is 1.92. The summed E-state index contributed by atoms with van der Waals surface area (Å²) in [5.41, 5.74) is -1.46. The molecule has 0 aliphatic heterocycles. The molecule has 0 aliphatic rings. The average Bonchev–Trinajstić information content (AvgIpc) is 2.71. The first-order valence-corrected chi connectivity index (χ1v) is 10.2. The number of nitrogens with one attached hydrogen (secondary N) is 2. The molecule has 1 heterocycles. The first-order chi connectivity index (χ1) is 14.8. The van der Waals surface area contributed by atoms with Crippen molar-refractivity contribution in [1.82, 2.24) is 9.97 Å². The molecule has 9 nitrogen and oxygen atoms in total. The van der Waals surface area contributed by atoms with Crippen LogP contribution in [0.3, 0.4) is 0 Å². The Kier molecular flexibility index (Phi) is 7.13. The predicted molar refractivity (Wildman–Crippen MR) is 125 cm³/mol. The molecular weight excluding hydrogens is 541 g/mol. The van der Waals surface area contributed by atoms with Crippen molar-refractivity contribution in [1.29, 1.82) is 0 Å². The predicted octanol–water partition coefficient (Wildman–Crippen LogP) is 3.99. The van der Waals surface area contributed by atoms with E-state index in [0.717, 1.165) is 9.13 Å². The fraction of sp³-hybridized carbons (Fsp3) is 0.100. The Hall–Kier alpha value is -3.12. The van der Waals surface area contributed by atoms with E-state index in [9.17, 15) is 19.7 Å². The van der Waals surface area contributed by atoms with Crippen molar-refractivity contribution in [2.75, 3.05) is 7.11 Å². The van der Waals surface area contributed by atoms with E-state index in [1.54, 1.807) is 18.2 Å². The SMILES string of the molecule is COc1cc(/C=C\c2[nH]c(=O)[nH]c(=O)c2[N+](=O)[O-])cc(I)c1OCc1ccccc1Cl. The number of hydrogen-bond donors (Lipinski definition) is 2. The smallest absolute Gasteiger partial charge is 0.357 e. The van der Waals surface area contributed by atoms with Crippen molar-refractivity contribution in [3.8, 4) is 11.5 Å². The highest BCUT2D eigenvalue weighted by atomic mass is 127. The maximum Gasteiger partial charge on any atom is 0.357 e. The molecule has 3 aromatic rings. The van der Waals surface area contributed by atoms with Crippen molar-refractivity contribution in [2.24, 2.45) is 0 Å². The van der Waals surface area contributed by atoms with Gasteiger partial charge in [-0.1, -0.05) is 35.9 Å². The minimum absolute atomic E-state index is 0.216. The van der Waals surface area contributed by atoms with Gasteiger partial charge in [0.2, 0.25) is 0 Å². The summed E-state index contributed by atoms with van der Waals surface area (Å²) in [5, 5.41) is 11.7. The molecule has 11 heteroatoms. The van der Waals surface area contributed by atoms with Gasteiger partial charge in [0, 0.05) is 10.6 Å². The second-order valence-corrected chi connectivity index (χ2v) is 7.74. The summed E-state index contributed by atoms with van der Waals surface area (Å²) in [6.45, 7) is 0.238. The number of nitro groups is 1. The molecule has 160 valence electrons. The highest BCUT2D eigenvalue weighted by Gasteiger charge is 2.19. The number of benzene rings is 2. The van der Waals surface area contributed by atoms with E-state index >= 15 is 0 Å². The normalized spacial score (nSPS) is 10.9. The van der Waals surface area contributed by atoms with Crippen LogP contribution in [-0.2, 0) is 6.61 Å². The Morgan fingerprint density at radius 1 is 1.19 bits per heavy atom. The van der Waals surface area contributed by atoms with Crippen molar-refractivity contribution in [3.05, 3.63) is 92.8 Å². The number of aromatic amines is 2. The van der Waals surface area contributed by atoms with Crippen LogP contribution in [0, 0.1) is 13.7 Å². The van der Waals surface area contributed by atoms with E-state index in [2.05, 4.69) is 27.6 Å². The number of methoxy groups -OCH3 is 1. The second-order valence-electron chi connectivity index (χ2n) is 6.18. The molecule has 31 heavy (non-hydrogen) atoms. The third-order valence-corrected chi connectivity index (χ3v) is 5.32. The zero-order chi connectivity index (χ0) is 22.5. The number of H-pyrrole nitrogens is 2. The zero-order valence-electron chi connectivity index (χ0n) is 16.0. The average molecular weight is 556 g/mol. The van der Waals surface area contributed by atoms with Gasteiger partial charge in [-0.15, -0.1) is 0 Å². The first-order valence-electron chi connectivity index (χ1n) is 8.73. The van der Waals surface area contributed by atoms with Gasteiger partial charge in [0.25, 0.3) is 0 Å². The third-order valence-electron chi connectivity index (χ3n) is 4.15. The lowest BCUT2D eigenvalue weighted by Crippen LogP contribution is -2.25. The molecule has 3 rings (SSSR count). The molecule has 0 saturated carbocycles. The largest absolute Gasteiger partial charge is 0.493 e. The molecule has 0 radical (unpaired) electrons. The molecule has 0 spiro atoms. The molecule has 0 amide bonds. The van der Waals surface area contributed by atoms with Crippen LogP contribution in [0.2, 0.25) is 5.02 Å². The van der Waals surface area contributed by atoms with Crippen LogP contribution in [0.1, 0.15) is 16.8 Å². The van der Waals surface area contributed by atoms with Crippen LogP contribution in [0.5, 0.6) is 11.5 Å². The number of ether oxygens (including phenoxy) is 2. The molecule has 0 aliphatic carbocycles. The minimum atomic E-state index is -1.08. The molecule has 2 N–H and O–H groups in total. The number of nitrogens with zero attached hydrogens (tertiary/aromatic N) is 1. The number of halogens is 2. The van der Waals surface area contributed by atoms with Crippen molar-refractivity contribution < 1.29 is 14.4 Å². The van der Waals surface area contributed by atoms with Gasteiger partial charge in [0.05, 0.1) is 15.6 Å². The number of aromatic nitrogens is 2. The Morgan fingerprint density at radius 3 is 2.61 bits per heavy atom. The summed E-state index contributed by atoms with van der Waals surface area (Å²) in [4.78, 5) is 37.6. The molecule has 2 aromatic carbocycles. The lowest BCUT2D eigenvalue weighted by atomic mass is 10.1. The Bertz CT molecular complexity index is 1280. The quantitative estimate of drug-likeness (QED) is 0.258. The summed E-state index contributed by atoms with van der Waals surface area (Å²) >= 11 is 8.24. The van der Waals surface area contributed by atoms with Gasteiger partial charge in [0.15, 0.2) is 11.5 Å². The summed E-state index contributed by atoms with van der Waals surface area (Å²) in [5.74, 6) is 0.947. The topological polar surface area (TPSA) is 127 Å².